The number of nitrogens with one attached hydrogen (secondary N) is 1. The minimum Gasteiger partial charge on any atom is -0.349 e. The van der Waals surface area contributed by atoms with E-state index in [4.69, 9.17) is 0 Å². The van der Waals surface area contributed by atoms with Crippen molar-refractivity contribution in [3.05, 3.63) is 77.4 Å². The highest BCUT2D eigenvalue weighted by molar-refractivity contribution is 6.04. The largest absolute Gasteiger partial charge is 0.349 e. The average molecular weight is 404 g/mol. The topological polar surface area (TPSA) is 83.9 Å². The van der Waals surface area contributed by atoms with Crippen molar-refractivity contribution >= 4 is 23.1 Å². The van der Waals surface area contributed by atoms with Crippen LogP contribution in [0.4, 0.5) is 16.0 Å². The molecule has 0 saturated heterocycles. The summed E-state index contributed by atoms with van der Waals surface area (Å²) in [6, 6.07) is 4.77. The quantitative estimate of drug-likeness (QED) is 0.715. The lowest BCUT2D eigenvalue weighted by atomic mass is 9.99. The monoisotopic (exact) mass is 404 g/mol. The molecule has 0 aromatic carbocycles. The molecule has 3 aromatic heterocycles. The van der Waals surface area contributed by atoms with Crippen LogP contribution in [0.2, 0.25) is 0 Å². The van der Waals surface area contributed by atoms with Crippen molar-refractivity contribution in [2.24, 2.45) is 0 Å². The van der Waals surface area contributed by atoms with Gasteiger partial charge in [0, 0.05) is 31.7 Å². The molecular formula is C22H21FN6O. The zero-order valence-electron chi connectivity index (χ0n) is 16.8. The Morgan fingerprint density at radius 2 is 1.97 bits per heavy atom. The molecule has 0 fully saturated rings. The number of anilines is 2. The Morgan fingerprint density at radius 1 is 1.10 bits per heavy atom. The van der Waals surface area contributed by atoms with Gasteiger partial charge in [-0.2, -0.15) is 0 Å². The van der Waals surface area contributed by atoms with Crippen LogP contribution in [-0.4, -0.2) is 38.9 Å². The zero-order valence-corrected chi connectivity index (χ0v) is 16.8. The SMILES string of the molecule is CC1=C(c2cnc(NC(=O)c3cnccc3C)cn2)CN(c2ncccc2F)CC1. The Labute approximate surface area is 173 Å². The molecule has 0 spiro atoms. The minimum atomic E-state index is -0.341. The molecule has 30 heavy (non-hydrogen) atoms. The predicted molar refractivity (Wildman–Crippen MR) is 113 cm³/mol. The molecule has 0 bridgehead atoms. The van der Waals surface area contributed by atoms with Crippen molar-refractivity contribution in [3.63, 3.8) is 0 Å². The van der Waals surface area contributed by atoms with E-state index in [0.717, 1.165) is 17.6 Å². The van der Waals surface area contributed by atoms with Crippen LogP contribution >= 0.6 is 0 Å². The predicted octanol–water partition coefficient (Wildman–Crippen LogP) is 3.65. The number of carbonyl (C=O) groups is 1. The number of pyridine rings is 2. The van der Waals surface area contributed by atoms with Gasteiger partial charge in [0.25, 0.3) is 5.91 Å². The van der Waals surface area contributed by atoms with E-state index in [1.54, 1.807) is 30.7 Å². The highest BCUT2D eigenvalue weighted by Gasteiger charge is 2.22. The molecule has 152 valence electrons. The number of carbonyl (C=O) groups excluding carboxylic acids is 1. The van der Waals surface area contributed by atoms with Gasteiger partial charge in [-0.3, -0.25) is 14.8 Å². The first-order valence-electron chi connectivity index (χ1n) is 9.61. The Hall–Kier alpha value is -3.68. The highest BCUT2D eigenvalue weighted by Crippen LogP contribution is 2.28. The number of rotatable bonds is 4. The molecule has 1 amide bonds. The van der Waals surface area contributed by atoms with Gasteiger partial charge in [-0.25, -0.2) is 14.4 Å². The van der Waals surface area contributed by atoms with Gasteiger partial charge in [-0.1, -0.05) is 5.57 Å². The van der Waals surface area contributed by atoms with Crippen LogP contribution in [0.1, 0.15) is 35.0 Å². The summed E-state index contributed by atoms with van der Waals surface area (Å²) in [5, 5.41) is 2.74. The Bertz CT molecular complexity index is 1110. The van der Waals surface area contributed by atoms with E-state index in [0.29, 0.717) is 36.0 Å². The Kier molecular flexibility index (Phi) is 5.47. The molecule has 7 nitrogen and oxygen atoms in total. The summed E-state index contributed by atoms with van der Waals surface area (Å²) >= 11 is 0. The van der Waals surface area contributed by atoms with Gasteiger partial charge < -0.3 is 10.2 Å². The van der Waals surface area contributed by atoms with E-state index in [1.165, 1.54) is 24.0 Å². The van der Waals surface area contributed by atoms with Gasteiger partial charge in [-0.05, 0) is 49.6 Å². The number of aromatic nitrogens is 4. The summed E-state index contributed by atoms with van der Waals surface area (Å²) in [5.74, 6) is 0.0682. The molecule has 3 aromatic rings. The first kappa shape index (κ1) is 19.6. The van der Waals surface area contributed by atoms with Crippen LogP contribution in [-0.2, 0) is 0 Å². The van der Waals surface area contributed by atoms with Gasteiger partial charge in [0.2, 0.25) is 0 Å². The molecule has 0 atom stereocenters. The Balaban J connectivity index is 1.51. The number of nitrogens with zero attached hydrogens (tertiary/aromatic N) is 5. The van der Waals surface area contributed by atoms with Gasteiger partial charge in [-0.15, -0.1) is 0 Å². The second-order valence-corrected chi connectivity index (χ2v) is 7.17. The third-order valence-electron chi connectivity index (χ3n) is 5.15. The molecule has 1 aliphatic heterocycles. The third-order valence-corrected chi connectivity index (χ3v) is 5.15. The van der Waals surface area contributed by atoms with E-state index in [1.807, 2.05) is 18.7 Å². The van der Waals surface area contributed by atoms with Crippen molar-refractivity contribution < 1.29 is 9.18 Å². The van der Waals surface area contributed by atoms with Crippen molar-refractivity contribution in [2.45, 2.75) is 20.3 Å². The van der Waals surface area contributed by atoms with Gasteiger partial charge >= 0.3 is 0 Å². The Morgan fingerprint density at radius 3 is 2.70 bits per heavy atom. The van der Waals surface area contributed by atoms with Crippen molar-refractivity contribution in [3.8, 4) is 0 Å². The van der Waals surface area contributed by atoms with Crippen LogP contribution in [0.3, 0.4) is 0 Å². The smallest absolute Gasteiger partial charge is 0.258 e. The molecule has 0 aliphatic carbocycles. The minimum absolute atomic E-state index is 0.285. The normalized spacial score (nSPS) is 14.0. The lowest BCUT2D eigenvalue weighted by Crippen LogP contribution is -2.32. The van der Waals surface area contributed by atoms with Crippen LogP contribution in [0.25, 0.3) is 5.57 Å². The molecule has 8 heteroatoms. The standard InChI is InChI=1S/C22H21FN6O/c1-14-5-8-24-10-16(14)22(30)28-20-12-26-19(11-27-20)17-13-29(9-6-15(17)2)21-18(23)4-3-7-25-21/h3-5,7-8,10-12H,6,9,13H2,1-2H3,(H,27,28,30). The summed E-state index contributed by atoms with van der Waals surface area (Å²) in [5.41, 5.74) is 4.18. The molecule has 4 heterocycles. The fraction of sp³-hybridized carbons (Fsp3) is 0.227. The van der Waals surface area contributed by atoms with Crippen molar-refractivity contribution in [1.29, 1.82) is 0 Å². The summed E-state index contributed by atoms with van der Waals surface area (Å²) < 4.78 is 14.2. The molecule has 0 unspecified atom stereocenters. The van der Waals surface area contributed by atoms with E-state index < -0.39 is 0 Å². The fourth-order valence-corrected chi connectivity index (χ4v) is 3.38. The maximum Gasteiger partial charge on any atom is 0.258 e. The first-order valence-corrected chi connectivity index (χ1v) is 9.61. The van der Waals surface area contributed by atoms with E-state index in [-0.39, 0.29) is 11.7 Å². The van der Waals surface area contributed by atoms with Crippen LogP contribution in [0.5, 0.6) is 0 Å². The number of hydrogen-bond donors (Lipinski definition) is 1. The van der Waals surface area contributed by atoms with Crippen LogP contribution in [0.15, 0.2) is 54.8 Å². The molecular weight excluding hydrogens is 383 g/mol. The van der Waals surface area contributed by atoms with Gasteiger partial charge in [0.1, 0.15) is 0 Å². The van der Waals surface area contributed by atoms with E-state index >= 15 is 0 Å². The lowest BCUT2D eigenvalue weighted by Gasteiger charge is -2.30. The van der Waals surface area contributed by atoms with Crippen LogP contribution in [0, 0.1) is 12.7 Å². The van der Waals surface area contributed by atoms with E-state index in [9.17, 15) is 9.18 Å². The highest BCUT2D eigenvalue weighted by atomic mass is 19.1. The maximum atomic E-state index is 14.2. The summed E-state index contributed by atoms with van der Waals surface area (Å²) in [6.07, 6.45) is 8.69. The summed E-state index contributed by atoms with van der Waals surface area (Å²) in [4.78, 5) is 31.3. The summed E-state index contributed by atoms with van der Waals surface area (Å²) in [7, 11) is 0. The number of halogens is 1. The van der Waals surface area contributed by atoms with Crippen LogP contribution < -0.4 is 10.2 Å². The second-order valence-electron chi connectivity index (χ2n) is 7.17. The first-order chi connectivity index (χ1) is 14.5. The van der Waals surface area contributed by atoms with Crippen molar-refractivity contribution in [2.75, 3.05) is 23.3 Å². The second kappa shape index (κ2) is 8.36. The van der Waals surface area contributed by atoms with Gasteiger partial charge in [0.05, 0.1) is 23.7 Å². The average Bonchev–Trinajstić information content (AvgIpc) is 2.75. The molecule has 0 radical (unpaired) electrons. The lowest BCUT2D eigenvalue weighted by molar-refractivity contribution is 0.102. The number of hydrogen-bond acceptors (Lipinski definition) is 6. The zero-order chi connectivity index (χ0) is 21.1. The number of aryl methyl sites for hydroxylation is 1. The summed E-state index contributed by atoms with van der Waals surface area (Å²) in [6.45, 7) is 5.08. The molecule has 1 aliphatic rings. The number of amides is 1. The third kappa shape index (κ3) is 4.03. The van der Waals surface area contributed by atoms with Gasteiger partial charge in [0.15, 0.2) is 17.5 Å². The molecule has 1 N–H and O–H groups in total. The van der Waals surface area contributed by atoms with Crippen molar-refractivity contribution in [1.82, 2.24) is 19.9 Å². The molecule has 0 saturated carbocycles. The maximum absolute atomic E-state index is 14.2. The van der Waals surface area contributed by atoms with E-state index in [2.05, 4.69) is 25.3 Å². The molecule has 4 rings (SSSR count). The fourth-order valence-electron chi connectivity index (χ4n) is 3.38.